The Morgan fingerprint density at radius 2 is 1.03 bits per heavy atom. The van der Waals surface area contributed by atoms with E-state index in [9.17, 15) is 9.59 Å². The van der Waals surface area contributed by atoms with E-state index < -0.39 is 40.4 Å². The fourth-order valence-corrected chi connectivity index (χ4v) is 8.22. The van der Waals surface area contributed by atoms with Crippen molar-refractivity contribution in [2.75, 3.05) is 0 Å². The number of hydrogen-bond donors (Lipinski definition) is 2. The van der Waals surface area contributed by atoms with Gasteiger partial charge in [0.15, 0.2) is 17.2 Å². The topological polar surface area (TPSA) is 149 Å². The number of pyridine rings is 2. The maximum Gasteiger partial charge on any atom is 0.338 e. The predicted molar refractivity (Wildman–Crippen MR) is 251 cm³/mol. The molecule has 0 saturated carbocycles. The summed E-state index contributed by atoms with van der Waals surface area (Å²) in [6.07, 6.45) is 4.18. The van der Waals surface area contributed by atoms with Crippen LogP contribution in [0.4, 0.5) is 17.6 Å². The van der Waals surface area contributed by atoms with Crippen molar-refractivity contribution in [1.29, 1.82) is 0 Å². The zero-order valence-corrected chi connectivity index (χ0v) is 39.2. The lowest BCUT2D eigenvalue weighted by Crippen LogP contribution is -2.45. The molecule has 2 aliphatic rings. The monoisotopic (exact) mass is 995 g/mol. The van der Waals surface area contributed by atoms with Gasteiger partial charge in [-0.15, -0.1) is 0 Å². The molecule has 4 aromatic carbocycles. The van der Waals surface area contributed by atoms with Crippen molar-refractivity contribution in [2.45, 2.75) is 70.1 Å². The quantitative estimate of drug-likeness (QED) is 0.102. The Hall–Kier alpha value is -5.90. The first-order valence-electron chi connectivity index (χ1n) is 20.3. The minimum absolute atomic E-state index is 0.0287. The van der Waals surface area contributed by atoms with E-state index in [0.29, 0.717) is 29.7 Å². The van der Waals surface area contributed by atoms with Gasteiger partial charge < -0.3 is 20.5 Å². The summed E-state index contributed by atoms with van der Waals surface area (Å²) in [6.45, 7) is 6.21. The van der Waals surface area contributed by atoms with Crippen LogP contribution in [0.3, 0.4) is 0 Å². The van der Waals surface area contributed by atoms with E-state index in [1.165, 1.54) is 87.5 Å². The number of carbonyl (C=O) groups excluding carboxylic acids is 1. The van der Waals surface area contributed by atoms with Gasteiger partial charge in [-0.2, -0.15) is 17.6 Å². The van der Waals surface area contributed by atoms with Crippen molar-refractivity contribution < 1.29 is 41.9 Å². The van der Waals surface area contributed by atoms with Crippen LogP contribution >= 0.6 is 46.4 Å². The van der Waals surface area contributed by atoms with Crippen LogP contribution in [0.1, 0.15) is 85.8 Å². The molecule has 3 N–H and O–H groups in total. The van der Waals surface area contributed by atoms with E-state index in [0.717, 1.165) is 11.4 Å². The summed E-state index contributed by atoms with van der Waals surface area (Å²) < 4.78 is 61.6. The lowest BCUT2D eigenvalue weighted by molar-refractivity contribution is -0.142. The molecule has 2 aromatic heterocycles. The first kappa shape index (κ1) is 50.5. The van der Waals surface area contributed by atoms with Gasteiger partial charge in [0.2, 0.25) is 11.2 Å². The Morgan fingerprint density at radius 1 is 0.612 bits per heavy atom. The molecule has 4 heterocycles. The summed E-state index contributed by atoms with van der Waals surface area (Å²) >= 11 is 23.9. The summed E-state index contributed by atoms with van der Waals surface area (Å²) in [5.74, 6) is -8.20. The van der Waals surface area contributed by atoms with E-state index >= 15 is 17.6 Å². The third kappa shape index (κ3) is 10.8. The molecule has 6 aromatic rings. The first-order chi connectivity index (χ1) is 31.6. The highest BCUT2D eigenvalue weighted by Gasteiger charge is 2.64. The van der Waals surface area contributed by atoms with Crippen LogP contribution < -0.4 is 5.73 Å². The van der Waals surface area contributed by atoms with Gasteiger partial charge in [-0.1, -0.05) is 87.0 Å². The highest BCUT2D eigenvalue weighted by Crippen LogP contribution is 2.50. The van der Waals surface area contributed by atoms with Crippen molar-refractivity contribution in [2.24, 2.45) is 16.0 Å². The van der Waals surface area contributed by atoms with E-state index in [1.807, 2.05) is 36.4 Å². The van der Waals surface area contributed by atoms with E-state index in [2.05, 4.69) is 20.3 Å². The highest BCUT2D eigenvalue weighted by molar-refractivity contribution is 6.35. The molecule has 2 atom stereocenters. The molecule has 2 unspecified atom stereocenters. The van der Waals surface area contributed by atoms with Crippen LogP contribution in [-0.2, 0) is 33.8 Å². The average Bonchev–Trinajstić information content (AvgIpc) is 3.68. The lowest BCUT2D eigenvalue weighted by atomic mass is 9.84. The molecule has 0 bridgehead atoms. The highest BCUT2D eigenvalue weighted by atomic mass is 35.5. The molecule has 0 fully saturated rings. The van der Waals surface area contributed by atoms with Crippen LogP contribution in [0, 0.1) is 13.8 Å². The van der Waals surface area contributed by atoms with Gasteiger partial charge >= 0.3 is 17.8 Å². The molecule has 8 rings (SSSR count). The Labute approximate surface area is 403 Å². The predicted octanol–water partition coefficient (Wildman–Crippen LogP) is 12.6. The number of benzene rings is 4. The number of hydrogen-bond acceptors (Lipinski definition) is 9. The van der Waals surface area contributed by atoms with Gasteiger partial charge in [0.25, 0.3) is 0 Å². The minimum atomic E-state index is -3.50. The zero-order valence-electron chi connectivity index (χ0n) is 36.1. The van der Waals surface area contributed by atoms with Crippen LogP contribution in [0.25, 0.3) is 0 Å². The number of nitrogens with zero attached hydrogens (tertiary/aromatic N) is 4. The Balaban J connectivity index is 0.000000193. The SMILES string of the molecule is Cc1cc(C2=NOC(C)(c3cc(Cl)cc(Cl)c3)C2(F)F)ccc1C(=O)CCc1ccccn1.Cc1cc(C2=NOC(C)(c3cc(Cl)cc(Cl)c3)C2(F)F)ccc1C(=O)O.NCc1ccccn1. The Morgan fingerprint density at radius 3 is 1.39 bits per heavy atom. The van der Waals surface area contributed by atoms with Crippen LogP contribution in [0.5, 0.6) is 0 Å². The molecule has 18 heteroatoms. The standard InChI is InChI=1S/C25H20Cl2F2N2O2.C18H13Cl2F2NO3.C6H8N2/c1-15-11-16(6-8-21(15)22(32)9-7-20-5-3-4-10-30-20)23-25(28,29)24(2,33-31-23)17-12-18(26)14-19(27)13-17;1-9-5-10(3-4-14(9)16(24)25)15-18(21,22)17(2,26-23-15)11-6-12(19)8-13(20)7-11;7-5-6-3-1-2-4-8-6/h3-6,8,10-14H,7,9H2,1-2H3;3-8H,1-2H3,(H,24,25);1-4H,5,7H2. The van der Waals surface area contributed by atoms with E-state index in [-0.39, 0.29) is 60.1 Å². The third-order valence-electron chi connectivity index (χ3n) is 11.1. The molecular weight excluding hydrogens is 956 g/mol. The fourth-order valence-electron chi connectivity index (χ4n) is 7.17. The molecule has 10 nitrogen and oxygen atoms in total. The van der Waals surface area contributed by atoms with Gasteiger partial charge in [-0.3, -0.25) is 14.8 Å². The second kappa shape index (κ2) is 20.5. The number of aromatic nitrogens is 2. The Bertz CT molecular complexity index is 2830. The van der Waals surface area contributed by atoms with Crippen LogP contribution in [0.2, 0.25) is 20.1 Å². The van der Waals surface area contributed by atoms with Crippen molar-refractivity contribution in [1.82, 2.24) is 9.97 Å². The number of carboxylic acid groups (broad SMARTS) is 1. The maximum atomic E-state index is 15.6. The third-order valence-corrected chi connectivity index (χ3v) is 11.9. The average molecular weight is 998 g/mol. The van der Waals surface area contributed by atoms with E-state index in [4.69, 9.17) is 66.9 Å². The molecule has 2 aliphatic heterocycles. The molecule has 0 saturated heterocycles. The fraction of sp³-hybridized carbons (Fsp3) is 0.224. The molecule has 0 radical (unpaired) electrons. The normalized spacial score (nSPS) is 18.8. The number of alkyl halides is 4. The van der Waals surface area contributed by atoms with Crippen molar-refractivity contribution >= 4 is 69.6 Å². The largest absolute Gasteiger partial charge is 0.478 e. The van der Waals surface area contributed by atoms with Crippen LogP contribution in [-0.4, -0.2) is 50.1 Å². The second-order valence-corrected chi connectivity index (χ2v) is 17.5. The van der Waals surface area contributed by atoms with Crippen LogP contribution in [0.15, 0.2) is 132 Å². The number of ketones is 1. The summed E-state index contributed by atoms with van der Waals surface area (Å²) in [5, 5.41) is 17.2. The number of oxime groups is 2. The van der Waals surface area contributed by atoms with Gasteiger partial charge in [-0.05, 0) is 124 Å². The number of aryl methyl sites for hydroxylation is 3. The molecule has 0 spiro atoms. The molecule has 0 aliphatic carbocycles. The molecule has 67 heavy (non-hydrogen) atoms. The zero-order chi connectivity index (χ0) is 48.9. The Kier molecular flexibility index (Phi) is 15.5. The van der Waals surface area contributed by atoms with Gasteiger partial charge in [-0.25, -0.2) is 4.79 Å². The number of carboxylic acids is 1. The summed E-state index contributed by atoms with van der Waals surface area (Å²) in [4.78, 5) is 42.4. The van der Waals surface area contributed by atoms with Crippen molar-refractivity contribution in [3.05, 3.63) is 198 Å². The van der Waals surface area contributed by atoms with Gasteiger partial charge in [0.05, 0.1) is 11.3 Å². The number of nitrogens with two attached hydrogens (primary N) is 1. The number of Topliss-reactive ketones (excluding diaryl/α,β-unsaturated/α-hetero) is 1. The number of rotatable bonds is 10. The van der Waals surface area contributed by atoms with E-state index in [1.54, 1.807) is 25.4 Å². The molecular formula is C49H41Cl4F4N5O5. The molecule has 0 amide bonds. The summed E-state index contributed by atoms with van der Waals surface area (Å²) in [6, 6.07) is 28.0. The maximum absolute atomic E-state index is 15.6. The number of halogens is 8. The summed E-state index contributed by atoms with van der Waals surface area (Å²) in [7, 11) is 0. The lowest BCUT2D eigenvalue weighted by Gasteiger charge is -2.29. The van der Waals surface area contributed by atoms with Gasteiger partial charge in [0, 0.05) is 79.0 Å². The smallest absolute Gasteiger partial charge is 0.338 e. The van der Waals surface area contributed by atoms with Gasteiger partial charge in [0.1, 0.15) is 0 Å². The molecule has 348 valence electrons. The number of aromatic carboxylic acids is 1. The summed E-state index contributed by atoms with van der Waals surface area (Å²) in [5.41, 5.74) is 3.63. The van der Waals surface area contributed by atoms with Crippen molar-refractivity contribution in [3.8, 4) is 0 Å². The van der Waals surface area contributed by atoms with Crippen molar-refractivity contribution in [3.63, 3.8) is 0 Å². The first-order valence-corrected chi connectivity index (χ1v) is 21.8. The number of carbonyl (C=O) groups is 2. The minimum Gasteiger partial charge on any atom is -0.478 e. The second-order valence-electron chi connectivity index (χ2n) is 15.7.